The van der Waals surface area contributed by atoms with Gasteiger partial charge in [0.05, 0.1) is 26.1 Å². The van der Waals surface area contributed by atoms with Gasteiger partial charge >= 0.3 is 0 Å². The molecule has 0 fully saturated rings. The Bertz CT molecular complexity index is 813. The molecule has 0 saturated heterocycles. The van der Waals surface area contributed by atoms with Gasteiger partial charge in [0, 0.05) is 6.54 Å². The third-order valence-corrected chi connectivity index (χ3v) is 4.03. The molecule has 0 amide bonds. The lowest BCUT2D eigenvalue weighted by molar-refractivity contribution is 0.354. The van der Waals surface area contributed by atoms with E-state index in [1.54, 1.807) is 14.2 Å². The summed E-state index contributed by atoms with van der Waals surface area (Å²) in [4.78, 5) is 4.26. The topological polar surface area (TPSA) is 62.3 Å². The fraction of sp³-hybridized carbons (Fsp3) is 0.211. The fourth-order valence-corrected chi connectivity index (χ4v) is 2.74. The van der Waals surface area contributed by atoms with E-state index in [0.717, 1.165) is 41.3 Å². The Morgan fingerprint density at radius 3 is 2.46 bits per heavy atom. The van der Waals surface area contributed by atoms with Crippen molar-refractivity contribution in [2.24, 2.45) is 0 Å². The normalized spacial score (nSPS) is 10.6. The Morgan fingerprint density at radius 2 is 1.75 bits per heavy atom. The first-order chi connectivity index (χ1) is 11.7. The van der Waals surface area contributed by atoms with E-state index >= 15 is 0 Å². The molecule has 124 valence electrons. The lowest BCUT2D eigenvalue weighted by Gasteiger charge is -2.12. The minimum absolute atomic E-state index is 0.523. The van der Waals surface area contributed by atoms with Gasteiger partial charge in [0.15, 0.2) is 11.5 Å². The van der Waals surface area contributed by atoms with E-state index in [4.69, 9.17) is 15.2 Å². The predicted molar refractivity (Wildman–Crippen MR) is 95.3 cm³/mol. The van der Waals surface area contributed by atoms with Crippen LogP contribution in [0.3, 0.4) is 0 Å². The molecule has 0 bridgehead atoms. The summed E-state index contributed by atoms with van der Waals surface area (Å²) < 4.78 is 12.7. The summed E-state index contributed by atoms with van der Waals surface area (Å²) in [5, 5.41) is 0. The molecule has 0 aliphatic heterocycles. The number of rotatable bonds is 6. The van der Waals surface area contributed by atoms with Crippen molar-refractivity contribution in [1.82, 2.24) is 9.55 Å². The first kappa shape index (κ1) is 15.9. The Balaban J connectivity index is 1.82. The Kier molecular flexibility index (Phi) is 4.70. The molecule has 0 unspecified atom stereocenters. The highest BCUT2D eigenvalue weighted by molar-refractivity contribution is 5.61. The number of hydrogen-bond acceptors (Lipinski definition) is 4. The minimum Gasteiger partial charge on any atom is -0.493 e. The van der Waals surface area contributed by atoms with Crippen LogP contribution in [0.4, 0.5) is 5.95 Å². The van der Waals surface area contributed by atoms with Gasteiger partial charge in [0.2, 0.25) is 5.95 Å². The standard InChI is InChI=1S/C19H21N3O2/c1-23-17-9-8-14(12-18(17)24-2)10-11-22-16(13-21-19(22)20)15-6-4-3-5-7-15/h3-9,12-13H,10-11H2,1-2H3,(H2,20,21). The van der Waals surface area contributed by atoms with E-state index in [1.165, 1.54) is 0 Å². The molecule has 5 heteroatoms. The van der Waals surface area contributed by atoms with Crippen LogP contribution in [-0.2, 0) is 13.0 Å². The number of aromatic nitrogens is 2. The molecule has 0 saturated carbocycles. The smallest absolute Gasteiger partial charge is 0.200 e. The molecule has 0 spiro atoms. The van der Waals surface area contributed by atoms with Gasteiger partial charge in [-0.15, -0.1) is 0 Å². The summed E-state index contributed by atoms with van der Waals surface area (Å²) in [6.07, 6.45) is 2.64. The molecule has 1 aromatic heterocycles. The molecule has 2 N–H and O–H groups in total. The average Bonchev–Trinajstić information content (AvgIpc) is 3.01. The van der Waals surface area contributed by atoms with Gasteiger partial charge in [0.25, 0.3) is 0 Å². The maximum atomic E-state index is 6.05. The van der Waals surface area contributed by atoms with Gasteiger partial charge in [0.1, 0.15) is 0 Å². The second-order valence-corrected chi connectivity index (χ2v) is 5.46. The first-order valence-electron chi connectivity index (χ1n) is 7.80. The van der Waals surface area contributed by atoms with Gasteiger partial charge in [-0.05, 0) is 29.7 Å². The number of imidazole rings is 1. The highest BCUT2D eigenvalue weighted by Gasteiger charge is 2.10. The molecule has 24 heavy (non-hydrogen) atoms. The van der Waals surface area contributed by atoms with Crippen molar-refractivity contribution in [2.45, 2.75) is 13.0 Å². The minimum atomic E-state index is 0.523. The predicted octanol–water partition coefficient (Wildman–Crippen LogP) is 3.39. The van der Waals surface area contributed by atoms with Crippen molar-refractivity contribution in [2.75, 3.05) is 20.0 Å². The third kappa shape index (κ3) is 3.20. The highest BCUT2D eigenvalue weighted by atomic mass is 16.5. The van der Waals surface area contributed by atoms with Crippen LogP contribution in [0.25, 0.3) is 11.3 Å². The van der Waals surface area contributed by atoms with Gasteiger partial charge in [-0.3, -0.25) is 0 Å². The lowest BCUT2D eigenvalue weighted by Crippen LogP contribution is -2.07. The SMILES string of the molecule is COc1ccc(CCn2c(-c3ccccc3)cnc2N)cc1OC. The zero-order chi connectivity index (χ0) is 16.9. The van der Waals surface area contributed by atoms with Crippen molar-refractivity contribution in [1.29, 1.82) is 0 Å². The van der Waals surface area contributed by atoms with E-state index in [0.29, 0.717) is 5.95 Å². The first-order valence-corrected chi connectivity index (χ1v) is 7.80. The molecule has 1 heterocycles. The van der Waals surface area contributed by atoms with Gasteiger partial charge < -0.3 is 19.8 Å². The maximum absolute atomic E-state index is 6.05. The summed E-state index contributed by atoms with van der Waals surface area (Å²) in [7, 11) is 3.28. The van der Waals surface area contributed by atoms with Gasteiger partial charge in [-0.2, -0.15) is 0 Å². The molecule has 3 aromatic rings. The summed E-state index contributed by atoms with van der Waals surface area (Å²) in [6, 6.07) is 16.1. The molecule has 0 radical (unpaired) electrons. The lowest BCUT2D eigenvalue weighted by atomic mass is 10.1. The van der Waals surface area contributed by atoms with Crippen LogP contribution < -0.4 is 15.2 Å². The van der Waals surface area contributed by atoms with Crippen LogP contribution in [0.2, 0.25) is 0 Å². The highest BCUT2D eigenvalue weighted by Crippen LogP contribution is 2.28. The molecule has 5 nitrogen and oxygen atoms in total. The Hall–Kier alpha value is -2.95. The summed E-state index contributed by atoms with van der Waals surface area (Å²) in [5.74, 6) is 1.99. The number of benzene rings is 2. The molecule has 2 aromatic carbocycles. The van der Waals surface area contributed by atoms with Crippen molar-refractivity contribution < 1.29 is 9.47 Å². The second kappa shape index (κ2) is 7.08. The van der Waals surface area contributed by atoms with Crippen molar-refractivity contribution >= 4 is 5.95 Å². The Labute approximate surface area is 141 Å². The van der Waals surface area contributed by atoms with Crippen LogP contribution in [-0.4, -0.2) is 23.8 Å². The number of nitrogens with two attached hydrogens (primary N) is 1. The van der Waals surface area contributed by atoms with Gasteiger partial charge in [-0.1, -0.05) is 36.4 Å². The molecule has 0 atom stereocenters. The molecular weight excluding hydrogens is 302 g/mol. The maximum Gasteiger partial charge on any atom is 0.200 e. The molecular formula is C19H21N3O2. The second-order valence-electron chi connectivity index (χ2n) is 5.46. The van der Waals surface area contributed by atoms with Crippen LogP contribution >= 0.6 is 0 Å². The average molecular weight is 323 g/mol. The third-order valence-electron chi connectivity index (χ3n) is 4.03. The van der Waals surface area contributed by atoms with Gasteiger partial charge in [-0.25, -0.2) is 4.98 Å². The zero-order valence-corrected chi connectivity index (χ0v) is 13.9. The Morgan fingerprint density at radius 1 is 1.00 bits per heavy atom. The number of aryl methyl sites for hydroxylation is 1. The quantitative estimate of drug-likeness (QED) is 0.755. The summed E-state index contributed by atoms with van der Waals surface area (Å²) >= 11 is 0. The number of hydrogen-bond donors (Lipinski definition) is 1. The van der Waals surface area contributed by atoms with E-state index in [9.17, 15) is 0 Å². The number of ether oxygens (including phenoxy) is 2. The van der Waals surface area contributed by atoms with Crippen LogP contribution in [0.1, 0.15) is 5.56 Å². The molecule has 3 rings (SSSR count). The van der Waals surface area contributed by atoms with E-state index in [-0.39, 0.29) is 0 Å². The molecule has 0 aliphatic carbocycles. The van der Waals surface area contributed by atoms with Crippen molar-refractivity contribution in [3.05, 3.63) is 60.3 Å². The number of anilines is 1. The van der Waals surface area contributed by atoms with E-state index < -0.39 is 0 Å². The number of nitrogens with zero attached hydrogens (tertiary/aromatic N) is 2. The molecule has 0 aliphatic rings. The summed E-state index contributed by atoms with van der Waals surface area (Å²) in [5.41, 5.74) is 9.33. The fourth-order valence-electron chi connectivity index (χ4n) is 2.74. The number of nitrogen functional groups attached to an aromatic ring is 1. The van der Waals surface area contributed by atoms with Crippen LogP contribution in [0, 0.1) is 0 Å². The van der Waals surface area contributed by atoms with Crippen molar-refractivity contribution in [3.8, 4) is 22.8 Å². The van der Waals surface area contributed by atoms with E-state index in [1.807, 2.05) is 47.2 Å². The van der Waals surface area contributed by atoms with Crippen LogP contribution in [0.15, 0.2) is 54.7 Å². The number of methoxy groups -OCH3 is 2. The van der Waals surface area contributed by atoms with E-state index in [2.05, 4.69) is 17.1 Å². The zero-order valence-electron chi connectivity index (χ0n) is 13.9. The summed E-state index contributed by atoms with van der Waals surface area (Å²) in [6.45, 7) is 0.742. The van der Waals surface area contributed by atoms with Crippen molar-refractivity contribution in [3.63, 3.8) is 0 Å². The monoisotopic (exact) mass is 323 g/mol. The largest absolute Gasteiger partial charge is 0.493 e. The van der Waals surface area contributed by atoms with Crippen LogP contribution in [0.5, 0.6) is 11.5 Å².